The van der Waals surface area contributed by atoms with E-state index < -0.39 is 0 Å². The number of likely N-dealkylation sites (tertiary alicyclic amines) is 1. The van der Waals surface area contributed by atoms with E-state index in [9.17, 15) is 9.59 Å². The lowest BCUT2D eigenvalue weighted by molar-refractivity contribution is -0.129. The summed E-state index contributed by atoms with van der Waals surface area (Å²) < 4.78 is 0. The minimum absolute atomic E-state index is 0.0504. The van der Waals surface area contributed by atoms with Gasteiger partial charge in [-0.05, 0) is 39.8 Å². The lowest BCUT2D eigenvalue weighted by Crippen LogP contribution is -2.47. The minimum Gasteiger partial charge on any atom is -0.344 e. The zero-order chi connectivity index (χ0) is 15.5. The molecule has 20 heavy (non-hydrogen) atoms. The van der Waals surface area contributed by atoms with E-state index in [1.165, 1.54) is 4.90 Å². The van der Waals surface area contributed by atoms with Crippen LogP contribution in [0.3, 0.4) is 0 Å². The quantitative estimate of drug-likeness (QED) is 0.815. The third-order valence-corrected chi connectivity index (χ3v) is 4.51. The normalized spacial score (nSPS) is 21.6. The standard InChI is InChI=1S/C14H28N4O2/c1-14(2)11(7-8-18(14)6)10-17(5)12(19)9-15-13(20)16(3)4/h11H,7-10H2,1-6H3,(H,15,20). The zero-order valence-corrected chi connectivity index (χ0v) is 13.6. The molecule has 0 aromatic rings. The van der Waals surface area contributed by atoms with E-state index >= 15 is 0 Å². The Labute approximate surface area is 122 Å². The molecule has 0 aromatic carbocycles. The molecule has 1 aliphatic heterocycles. The van der Waals surface area contributed by atoms with Gasteiger partial charge in [0.1, 0.15) is 0 Å². The molecular weight excluding hydrogens is 256 g/mol. The Kier molecular flexibility index (Phi) is 5.39. The van der Waals surface area contributed by atoms with Crippen LogP contribution in [0.2, 0.25) is 0 Å². The Morgan fingerprint density at radius 2 is 1.90 bits per heavy atom. The van der Waals surface area contributed by atoms with Crippen molar-refractivity contribution in [2.45, 2.75) is 25.8 Å². The van der Waals surface area contributed by atoms with Crippen LogP contribution in [0.25, 0.3) is 0 Å². The molecule has 0 aromatic heterocycles. The molecule has 0 spiro atoms. The van der Waals surface area contributed by atoms with Crippen molar-refractivity contribution in [2.75, 3.05) is 47.8 Å². The summed E-state index contributed by atoms with van der Waals surface area (Å²) in [5.74, 6) is 0.413. The van der Waals surface area contributed by atoms with Crippen molar-refractivity contribution in [3.8, 4) is 0 Å². The number of carbonyl (C=O) groups excluding carboxylic acids is 2. The lowest BCUT2D eigenvalue weighted by Gasteiger charge is -2.35. The lowest BCUT2D eigenvalue weighted by atomic mass is 9.88. The van der Waals surface area contributed by atoms with E-state index in [0.717, 1.165) is 19.5 Å². The summed E-state index contributed by atoms with van der Waals surface area (Å²) in [5.41, 5.74) is 0.113. The monoisotopic (exact) mass is 284 g/mol. The van der Waals surface area contributed by atoms with E-state index in [2.05, 4.69) is 31.1 Å². The Morgan fingerprint density at radius 1 is 1.30 bits per heavy atom. The van der Waals surface area contributed by atoms with Crippen LogP contribution in [0.5, 0.6) is 0 Å². The number of urea groups is 1. The summed E-state index contributed by atoms with van der Waals surface area (Å²) in [4.78, 5) is 28.9. The van der Waals surface area contributed by atoms with Gasteiger partial charge in [-0.15, -0.1) is 0 Å². The Bertz CT molecular complexity index is 368. The molecule has 1 heterocycles. The fourth-order valence-electron chi connectivity index (χ4n) is 2.49. The molecule has 1 fully saturated rings. The van der Waals surface area contributed by atoms with Gasteiger partial charge < -0.3 is 20.0 Å². The molecule has 116 valence electrons. The summed E-state index contributed by atoms with van der Waals surface area (Å²) in [5, 5.41) is 2.60. The Morgan fingerprint density at radius 3 is 2.35 bits per heavy atom. The van der Waals surface area contributed by atoms with E-state index in [4.69, 9.17) is 0 Å². The van der Waals surface area contributed by atoms with Crippen LogP contribution < -0.4 is 5.32 Å². The van der Waals surface area contributed by atoms with Gasteiger partial charge in [0, 0.05) is 33.2 Å². The average molecular weight is 284 g/mol. The maximum Gasteiger partial charge on any atom is 0.317 e. The second-order valence-corrected chi connectivity index (χ2v) is 6.39. The SMILES string of the molecule is CN(C)C(=O)NCC(=O)N(C)CC1CCN(C)C1(C)C. The molecular formula is C14H28N4O2. The first kappa shape index (κ1) is 16.8. The van der Waals surface area contributed by atoms with Crippen LogP contribution in [-0.2, 0) is 4.79 Å². The van der Waals surface area contributed by atoms with Gasteiger partial charge in [-0.3, -0.25) is 4.79 Å². The number of carbonyl (C=O) groups is 2. The molecule has 0 radical (unpaired) electrons. The van der Waals surface area contributed by atoms with Crippen molar-refractivity contribution < 1.29 is 9.59 Å². The fourth-order valence-corrected chi connectivity index (χ4v) is 2.49. The van der Waals surface area contributed by atoms with Crippen LogP contribution in [0.4, 0.5) is 4.79 Å². The molecule has 1 N–H and O–H groups in total. The van der Waals surface area contributed by atoms with Crippen molar-refractivity contribution in [1.29, 1.82) is 0 Å². The molecule has 6 nitrogen and oxygen atoms in total. The van der Waals surface area contributed by atoms with Crippen LogP contribution in [0.15, 0.2) is 0 Å². The van der Waals surface area contributed by atoms with Crippen LogP contribution in [0.1, 0.15) is 20.3 Å². The number of likely N-dealkylation sites (N-methyl/N-ethyl adjacent to an activating group) is 1. The van der Waals surface area contributed by atoms with Crippen LogP contribution in [0, 0.1) is 5.92 Å². The molecule has 3 amide bonds. The number of hydrogen-bond acceptors (Lipinski definition) is 3. The van der Waals surface area contributed by atoms with Crippen molar-refractivity contribution >= 4 is 11.9 Å². The Hall–Kier alpha value is -1.30. The van der Waals surface area contributed by atoms with E-state index in [-0.39, 0.29) is 24.0 Å². The van der Waals surface area contributed by atoms with Crippen molar-refractivity contribution in [3.63, 3.8) is 0 Å². The first-order valence-corrected chi connectivity index (χ1v) is 7.06. The maximum absolute atomic E-state index is 12.0. The topological polar surface area (TPSA) is 55.9 Å². The number of amides is 3. The number of nitrogens with one attached hydrogen (secondary N) is 1. The highest BCUT2D eigenvalue weighted by atomic mass is 16.2. The van der Waals surface area contributed by atoms with Crippen LogP contribution >= 0.6 is 0 Å². The van der Waals surface area contributed by atoms with Gasteiger partial charge >= 0.3 is 6.03 Å². The van der Waals surface area contributed by atoms with Gasteiger partial charge in [0.2, 0.25) is 5.91 Å². The molecule has 0 bridgehead atoms. The maximum atomic E-state index is 12.0. The van der Waals surface area contributed by atoms with Crippen molar-refractivity contribution in [3.05, 3.63) is 0 Å². The minimum atomic E-state index is -0.243. The molecule has 0 aliphatic carbocycles. The van der Waals surface area contributed by atoms with E-state index in [1.54, 1.807) is 26.0 Å². The highest BCUT2D eigenvalue weighted by molar-refractivity contribution is 5.83. The zero-order valence-electron chi connectivity index (χ0n) is 13.6. The fraction of sp³-hybridized carbons (Fsp3) is 0.857. The highest BCUT2D eigenvalue weighted by Gasteiger charge is 2.39. The highest BCUT2D eigenvalue weighted by Crippen LogP contribution is 2.33. The second kappa shape index (κ2) is 6.43. The number of nitrogens with zero attached hydrogens (tertiary/aromatic N) is 3. The summed E-state index contributed by atoms with van der Waals surface area (Å²) in [6.45, 7) is 6.29. The Balaban J connectivity index is 2.45. The predicted octanol–water partition coefficient (Wildman–Crippen LogP) is 0.446. The van der Waals surface area contributed by atoms with Gasteiger partial charge in [0.05, 0.1) is 6.54 Å². The third kappa shape index (κ3) is 3.85. The van der Waals surface area contributed by atoms with Crippen molar-refractivity contribution in [1.82, 2.24) is 20.0 Å². The van der Waals surface area contributed by atoms with Gasteiger partial charge in [0.15, 0.2) is 0 Å². The first-order chi connectivity index (χ1) is 9.16. The van der Waals surface area contributed by atoms with Gasteiger partial charge in [-0.25, -0.2) is 4.79 Å². The predicted molar refractivity (Wildman–Crippen MR) is 79.5 cm³/mol. The third-order valence-electron chi connectivity index (χ3n) is 4.51. The van der Waals surface area contributed by atoms with E-state index in [1.807, 2.05) is 0 Å². The molecule has 0 saturated carbocycles. The van der Waals surface area contributed by atoms with Crippen LogP contribution in [-0.4, -0.2) is 80.0 Å². The molecule has 6 heteroatoms. The summed E-state index contributed by atoms with van der Waals surface area (Å²) in [6.07, 6.45) is 1.10. The molecule has 1 rings (SSSR count). The summed E-state index contributed by atoms with van der Waals surface area (Å²) in [7, 11) is 7.23. The summed E-state index contributed by atoms with van der Waals surface area (Å²) in [6, 6.07) is -0.243. The second-order valence-electron chi connectivity index (χ2n) is 6.39. The first-order valence-electron chi connectivity index (χ1n) is 7.06. The average Bonchev–Trinajstić information content (AvgIpc) is 2.61. The molecule has 1 aliphatic rings. The summed E-state index contributed by atoms with van der Waals surface area (Å²) >= 11 is 0. The number of rotatable bonds is 4. The smallest absolute Gasteiger partial charge is 0.317 e. The largest absolute Gasteiger partial charge is 0.344 e. The van der Waals surface area contributed by atoms with Gasteiger partial charge in [-0.1, -0.05) is 0 Å². The van der Waals surface area contributed by atoms with Gasteiger partial charge in [-0.2, -0.15) is 0 Å². The van der Waals surface area contributed by atoms with E-state index in [0.29, 0.717) is 5.92 Å². The number of hydrogen-bond donors (Lipinski definition) is 1. The molecule has 1 unspecified atom stereocenters. The van der Waals surface area contributed by atoms with Crippen molar-refractivity contribution in [2.24, 2.45) is 5.92 Å². The molecule has 1 saturated heterocycles. The van der Waals surface area contributed by atoms with Gasteiger partial charge in [0.25, 0.3) is 0 Å². The molecule has 1 atom stereocenters.